The lowest BCUT2D eigenvalue weighted by molar-refractivity contribution is 0.0382. The van der Waals surface area contributed by atoms with Crippen LogP contribution >= 0.6 is 0 Å². The molecule has 1 aliphatic rings. The second-order valence-electron chi connectivity index (χ2n) is 6.89. The predicted molar refractivity (Wildman–Crippen MR) is 80.9 cm³/mol. The Hall–Kier alpha value is -1.56. The van der Waals surface area contributed by atoms with Crippen LogP contribution in [0.5, 0.6) is 0 Å². The number of aromatic nitrogens is 2. The first-order valence-electron chi connectivity index (χ1n) is 7.47. The molecule has 2 N–H and O–H groups in total. The molecule has 0 spiro atoms. The Balaban J connectivity index is 1.80. The molecule has 118 valence electrons. The van der Waals surface area contributed by atoms with Crippen molar-refractivity contribution in [1.29, 1.82) is 0 Å². The summed E-state index contributed by atoms with van der Waals surface area (Å²) in [5, 5.41) is 10.6. The van der Waals surface area contributed by atoms with E-state index in [9.17, 15) is 4.79 Å². The maximum Gasteiger partial charge on any atom is 0.408 e. The van der Waals surface area contributed by atoms with Crippen molar-refractivity contribution in [3.8, 4) is 0 Å². The Morgan fingerprint density at radius 1 is 1.48 bits per heavy atom. The van der Waals surface area contributed by atoms with Crippen LogP contribution in [0, 0.1) is 0 Å². The molecule has 0 unspecified atom stereocenters. The SMILES string of the molecule is Cn1cc(CNCC2(NC(=O)OC(C)(C)C)CCC2)cn1. The van der Waals surface area contributed by atoms with Crippen LogP contribution in [-0.4, -0.2) is 33.6 Å². The van der Waals surface area contributed by atoms with Crippen LogP contribution in [-0.2, 0) is 18.3 Å². The summed E-state index contributed by atoms with van der Waals surface area (Å²) in [6.07, 6.45) is 6.64. The molecule has 1 fully saturated rings. The number of nitrogens with zero attached hydrogens (tertiary/aromatic N) is 2. The molecule has 0 aromatic carbocycles. The number of hydrogen-bond donors (Lipinski definition) is 2. The maximum atomic E-state index is 11.9. The molecule has 6 heteroatoms. The van der Waals surface area contributed by atoms with Gasteiger partial charge in [0.1, 0.15) is 5.60 Å². The van der Waals surface area contributed by atoms with E-state index < -0.39 is 5.60 Å². The molecule has 0 saturated heterocycles. The summed E-state index contributed by atoms with van der Waals surface area (Å²) in [5.74, 6) is 0. The zero-order valence-electron chi connectivity index (χ0n) is 13.4. The zero-order chi connectivity index (χ0) is 15.5. The van der Waals surface area contributed by atoms with Gasteiger partial charge in [0.25, 0.3) is 0 Å². The lowest BCUT2D eigenvalue weighted by Crippen LogP contribution is -2.59. The van der Waals surface area contributed by atoms with Crippen molar-refractivity contribution in [2.75, 3.05) is 6.54 Å². The molecule has 1 saturated carbocycles. The normalized spacial score (nSPS) is 17.1. The third-order valence-corrected chi connectivity index (χ3v) is 3.63. The van der Waals surface area contributed by atoms with Gasteiger partial charge in [0.15, 0.2) is 0 Å². The van der Waals surface area contributed by atoms with Crippen molar-refractivity contribution in [3.63, 3.8) is 0 Å². The molecule has 0 radical (unpaired) electrons. The molecule has 21 heavy (non-hydrogen) atoms. The molecule has 1 aliphatic carbocycles. The van der Waals surface area contributed by atoms with Gasteiger partial charge < -0.3 is 15.4 Å². The van der Waals surface area contributed by atoms with E-state index in [1.54, 1.807) is 4.68 Å². The average Bonchev–Trinajstić information content (AvgIpc) is 2.69. The summed E-state index contributed by atoms with van der Waals surface area (Å²) in [4.78, 5) is 11.9. The molecule has 1 aromatic heterocycles. The van der Waals surface area contributed by atoms with E-state index >= 15 is 0 Å². The fourth-order valence-electron chi connectivity index (χ4n) is 2.48. The lowest BCUT2D eigenvalue weighted by atomic mass is 9.76. The van der Waals surface area contributed by atoms with Gasteiger partial charge in [-0.15, -0.1) is 0 Å². The van der Waals surface area contributed by atoms with Crippen LogP contribution < -0.4 is 10.6 Å². The first-order chi connectivity index (χ1) is 9.78. The third kappa shape index (κ3) is 4.74. The minimum Gasteiger partial charge on any atom is -0.444 e. The van der Waals surface area contributed by atoms with Gasteiger partial charge in [0.2, 0.25) is 0 Å². The molecule has 1 heterocycles. The van der Waals surface area contributed by atoms with E-state index in [4.69, 9.17) is 4.74 Å². The van der Waals surface area contributed by atoms with Gasteiger partial charge in [-0.2, -0.15) is 5.10 Å². The van der Waals surface area contributed by atoms with Gasteiger partial charge in [-0.05, 0) is 40.0 Å². The Bertz CT molecular complexity index is 486. The molecule has 0 bridgehead atoms. The number of ether oxygens (including phenoxy) is 1. The summed E-state index contributed by atoms with van der Waals surface area (Å²) in [6, 6.07) is 0. The largest absolute Gasteiger partial charge is 0.444 e. The minimum absolute atomic E-state index is 0.162. The molecular formula is C15H26N4O2. The van der Waals surface area contributed by atoms with Gasteiger partial charge in [-0.3, -0.25) is 4.68 Å². The van der Waals surface area contributed by atoms with Crippen molar-refractivity contribution in [2.45, 2.75) is 57.7 Å². The second-order valence-corrected chi connectivity index (χ2v) is 6.89. The number of hydrogen-bond acceptors (Lipinski definition) is 4. The second kappa shape index (κ2) is 6.05. The first kappa shape index (κ1) is 15.8. The van der Waals surface area contributed by atoms with Crippen LogP contribution in [0.3, 0.4) is 0 Å². The van der Waals surface area contributed by atoms with Gasteiger partial charge in [0, 0.05) is 31.9 Å². The Morgan fingerprint density at radius 3 is 2.67 bits per heavy atom. The number of alkyl carbamates (subject to hydrolysis) is 1. The Morgan fingerprint density at radius 2 is 2.19 bits per heavy atom. The highest BCUT2D eigenvalue weighted by Crippen LogP contribution is 2.31. The predicted octanol–water partition coefficient (Wildman–Crippen LogP) is 1.96. The van der Waals surface area contributed by atoms with Crippen molar-refractivity contribution >= 4 is 6.09 Å². The topological polar surface area (TPSA) is 68.2 Å². The van der Waals surface area contributed by atoms with Crippen LogP contribution in [0.4, 0.5) is 4.79 Å². The molecule has 2 rings (SSSR count). The average molecular weight is 294 g/mol. The fraction of sp³-hybridized carbons (Fsp3) is 0.733. The number of rotatable bonds is 5. The van der Waals surface area contributed by atoms with Crippen LogP contribution in [0.25, 0.3) is 0 Å². The Labute approximate surface area is 126 Å². The van der Waals surface area contributed by atoms with E-state index in [2.05, 4.69) is 15.7 Å². The van der Waals surface area contributed by atoms with Gasteiger partial charge in [-0.25, -0.2) is 4.79 Å². The molecule has 1 aromatic rings. The smallest absolute Gasteiger partial charge is 0.408 e. The highest BCUT2D eigenvalue weighted by Gasteiger charge is 2.39. The summed E-state index contributed by atoms with van der Waals surface area (Å²) >= 11 is 0. The summed E-state index contributed by atoms with van der Waals surface area (Å²) in [5.41, 5.74) is 0.520. The maximum absolute atomic E-state index is 11.9. The summed E-state index contributed by atoms with van der Waals surface area (Å²) in [7, 11) is 1.90. The van der Waals surface area contributed by atoms with E-state index in [0.29, 0.717) is 0 Å². The van der Waals surface area contributed by atoms with E-state index in [1.807, 2.05) is 40.2 Å². The van der Waals surface area contributed by atoms with Gasteiger partial charge in [0.05, 0.1) is 11.7 Å². The van der Waals surface area contributed by atoms with E-state index in [0.717, 1.165) is 37.9 Å². The third-order valence-electron chi connectivity index (χ3n) is 3.63. The number of carbonyl (C=O) groups is 1. The Kier molecular flexibility index (Phi) is 4.56. The van der Waals surface area contributed by atoms with Crippen molar-refractivity contribution < 1.29 is 9.53 Å². The molecule has 0 atom stereocenters. The minimum atomic E-state index is -0.460. The molecular weight excluding hydrogens is 268 g/mol. The molecule has 0 aliphatic heterocycles. The van der Waals surface area contributed by atoms with Gasteiger partial charge >= 0.3 is 6.09 Å². The number of nitrogens with one attached hydrogen (secondary N) is 2. The monoisotopic (exact) mass is 294 g/mol. The van der Waals surface area contributed by atoms with Crippen LogP contribution in [0.1, 0.15) is 45.6 Å². The quantitative estimate of drug-likeness (QED) is 0.871. The number of aryl methyl sites for hydroxylation is 1. The highest BCUT2D eigenvalue weighted by atomic mass is 16.6. The van der Waals surface area contributed by atoms with Crippen molar-refractivity contribution in [3.05, 3.63) is 18.0 Å². The zero-order valence-corrected chi connectivity index (χ0v) is 13.4. The standard InChI is InChI=1S/C15H26N4O2/c1-14(2,3)21-13(20)18-15(6-5-7-15)11-16-8-12-9-17-19(4)10-12/h9-10,16H,5-8,11H2,1-4H3,(H,18,20). The molecule has 1 amide bonds. The highest BCUT2D eigenvalue weighted by molar-refractivity contribution is 5.69. The fourth-order valence-corrected chi connectivity index (χ4v) is 2.48. The number of carbonyl (C=O) groups excluding carboxylic acids is 1. The number of amides is 1. The van der Waals surface area contributed by atoms with Crippen LogP contribution in [0.15, 0.2) is 12.4 Å². The first-order valence-corrected chi connectivity index (χ1v) is 7.47. The van der Waals surface area contributed by atoms with E-state index in [-0.39, 0.29) is 11.6 Å². The summed E-state index contributed by atoms with van der Waals surface area (Å²) < 4.78 is 7.13. The van der Waals surface area contributed by atoms with Crippen molar-refractivity contribution in [2.24, 2.45) is 7.05 Å². The lowest BCUT2D eigenvalue weighted by Gasteiger charge is -2.42. The molecule has 6 nitrogen and oxygen atoms in total. The summed E-state index contributed by atoms with van der Waals surface area (Å²) in [6.45, 7) is 7.13. The van der Waals surface area contributed by atoms with Crippen molar-refractivity contribution in [1.82, 2.24) is 20.4 Å². The van der Waals surface area contributed by atoms with Gasteiger partial charge in [-0.1, -0.05) is 0 Å². The van der Waals surface area contributed by atoms with Crippen LogP contribution in [0.2, 0.25) is 0 Å². The van der Waals surface area contributed by atoms with E-state index in [1.165, 1.54) is 0 Å².